The van der Waals surface area contributed by atoms with Crippen LogP contribution in [0.25, 0.3) is 0 Å². The molecule has 3 nitrogen and oxygen atoms in total. The van der Waals surface area contributed by atoms with Gasteiger partial charge in [-0.25, -0.2) is 0 Å². The molecule has 1 aromatic carbocycles. The smallest absolute Gasteiger partial charge is 0.178 e. The molecular formula is C18H14O3. The highest BCUT2D eigenvalue weighted by molar-refractivity contribution is 6.01. The van der Waals surface area contributed by atoms with E-state index in [-0.39, 0.29) is 11.5 Å². The van der Waals surface area contributed by atoms with E-state index < -0.39 is 5.60 Å². The lowest BCUT2D eigenvalue weighted by Gasteiger charge is -2.20. The van der Waals surface area contributed by atoms with E-state index in [1.54, 1.807) is 25.1 Å². The van der Waals surface area contributed by atoms with Gasteiger partial charge in [-0.15, -0.1) is 0 Å². The van der Waals surface area contributed by atoms with Crippen molar-refractivity contribution in [2.24, 2.45) is 0 Å². The van der Waals surface area contributed by atoms with E-state index in [2.05, 4.69) is 23.7 Å². The van der Waals surface area contributed by atoms with Crippen LogP contribution in [0.4, 0.5) is 0 Å². The van der Waals surface area contributed by atoms with E-state index >= 15 is 0 Å². The standard InChI is InChI=1S/C18H14O3/c1-13-11-16(19)7-6-15(13)5-3-4-9-18(21)10-8-17(20)12-14(18)2/h6-8,10-12,19,21H,1-2H3. The van der Waals surface area contributed by atoms with Crippen LogP contribution in [0.3, 0.4) is 0 Å². The number of hydrogen-bond acceptors (Lipinski definition) is 3. The fourth-order valence-electron chi connectivity index (χ4n) is 1.86. The summed E-state index contributed by atoms with van der Waals surface area (Å²) >= 11 is 0. The van der Waals surface area contributed by atoms with Gasteiger partial charge < -0.3 is 10.2 Å². The second kappa shape index (κ2) is 5.71. The molecule has 1 atom stereocenters. The molecule has 2 N–H and O–H groups in total. The summed E-state index contributed by atoms with van der Waals surface area (Å²) in [6.07, 6.45) is 4.01. The molecule has 0 heterocycles. The number of phenols is 1. The zero-order valence-corrected chi connectivity index (χ0v) is 11.8. The topological polar surface area (TPSA) is 57.5 Å². The fourth-order valence-corrected chi connectivity index (χ4v) is 1.86. The molecule has 1 unspecified atom stereocenters. The summed E-state index contributed by atoms with van der Waals surface area (Å²) in [7, 11) is 0. The van der Waals surface area contributed by atoms with E-state index in [1.165, 1.54) is 18.2 Å². The lowest BCUT2D eigenvalue weighted by Crippen LogP contribution is -2.28. The number of ketones is 1. The van der Waals surface area contributed by atoms with Crippen molar-refractivity contribution < 1.29 is 15.0 Å². The molecule has 0 radical (unpaired) electrons. The molecule has 21 heavy (non-hydrogen) atoms. The van der Waals surface area contributed by atoms with Crippen LogP contribution in [-0.2, 0) is 4.79 Å². The molecule has 1 aromatic rings. The molecule has 1 aliphatic rings. The van der Waals surface area contributed by atoms with Gasteiger partial charge in [0.15, 0.2) is 11.4 Å². The Morgan fingerprint density at radius 3 is 2.62 bits per heavy atom. The first-order chi connectivity index (χ1) is 9.90. The highest BCUT2D eigenvalue weighted by Gasteiger charge is 2.26. The number of allylic oxidation sites excluding steroid dienone is 2. The molecule has 0 saturated heterocycles. The van der Waals surface area contributed by atoms with Crippen molar-refractivity contribution in [3.63, 3.8) is 0 Å². The number of carbonyl (C=O) groups is 1. The minimum Gasteiger partial charge on any atom is -0.508 e. The van der Waals surface area contributed by atoms with Gasteiger partial charge in [-0.3, -0.25) is 4.79 Å². The molecule has 3 heteroatoms. The minimum absolute atomic E-state index is 0.162. The Bertz CT molecular complexity index is 776. The lowest BCUT2D eigenvalue weighted by molar-refractivity contribution is -0.110. The first-order valence-electron chi connectivity index (χ1n) is 6.38. The van der Waals surface area contributed by atoms with Crippen molar-refractivity contribution >= 4 is 5.78 Å². The van der Waals surface area contributed by atoms with Crippen LogP contribution < -0.4 is 0 Å². The number of hydrogen-bond donors (Lipinski definition) is 2. The summed E-state index contributed by atoms with van der Waals surface area (Å²) in [5, 5.41) is 19.6. The monoisotopic (exact) mass is 278 g/mol. The Kier molecular flexibility index (Phi) is 3.98. The second-order valence-corrected chi connectivity index (χ2v) is 4.83. The molecule has 0 bridgehead atoms. The summed E-state index contributed by atoms with van der Waals surface area (Å²) in [5.74, 6) is 10.8. The SMILES string of the molecule is CC1=CC(=O)C=CC1(O)C#CC#Cc1ccc(O)cc1C. The van der Waals surface area contributed by atoms with Gasteiger partial charge in [0, 0.05) is 5.56 Å². The number of phenolic OH excluding ortho intramolecular Hbond substituents is 1. The minimum atomic E-state index is -1.44. The Morgan fingerprint density at radius 2 is 1.95 bits per heavy atom. The molecule has 1 aliphatic carbocycles. The highest BCUT2D eigenvalue weighted by atomic mass is 16.3. The maximum absolute atomic E-state index is 11.2. The molecule has 2 rings (SSSR count). The van der Waals surface area contributed by atoms with Crippen molar-refractivity contribution in [2.75, 3.05) is 0 Å². The molecule has 0 amide bonds. The zero-order valence-electron chi connectivity index (χ0n) is 11.8. The van der Waals surface area contributed by atoms with Crippen LogP contribution in [0.5, 0.6) is 5.75 Å². The zero-order chi connectivity index (χ0) is 15.5. The third-order valence-electron chi connectivity index (χ3n) is 3.17. The van der Waals surface area contributed by atoms with Gasteiger partial charge in [-0.2, -0.15) is 0 Å². The van der Waals surface area contributed by atoms with Gasteiger partial charge in [-0.1, -0.05) is 5.92 Å². The van der Waals surface area contributed by atoms with Crippen molar-refractivity contribution in [3.8, 4) is 29.4 Å². The largest absolute Gasteiger partial charge is 0.508 e. The Balaban J connectivity index is 2.22. The van der Waals surface area contributed by atoms with Crippen LogP contribution in [0.2, 0.25) is 0 Å². The molecule has 0 spiro atoms. The maximum Gasteiger partial charge on any atom is 0.178 e. The quantitative estimate of drug-likeness (QED) is 0.712. The molecule has 0 aliphatic heterocycles. The van der Waals surface area contributed by atoms with Crippen molar-refractivity contribution in [1.82, 2.24) is 0 Å². The van der Waals surface area contributed by atoms with Gasteiger partial charge >= 0.3 is 0 Å². The Morgan fingerprint density at radius 1 is 1.19 bits per heavy atom. The van der Waals surface area contributed by atoms with E-state index in [0.29, 0.717) is 5.57 Å². The first-order valence-corrected chi connectivity index (χ1v) is 6.38. The first kappa shape index (κ1) is 14.7. The predicted octanol–water partition coefficient (Wildman–Crippen LogP) is 1.87. The number of benzene rings is 1. The van der Waals surface area contributed by atoms with Crippen molar-refractivity contribution in [1.29, 1.82) is 0 Å². The Hall–Kier alpha value is -2.75. The third kappa shape index (κ3) is 3.42. The fraction of sp³-hybridized carbons (Fsp3) is 0.167. The second-order valence-electron chi connectivity index (χ2n) is 4.83. The van der Waals surface area contributed by atoms with Gasteiger partial charge in [0.25, 0.3) is 0 Å². The van der Waals surface area contributed by atoms with E-state index in [9.17, 15) is 15.0 Å². The summed E-state index contributed by atoms with van der Waals surface area (Å²) < 4.78 is 0. The van der Waals surface area contributed by atoms with Crippen LogP contribution in [-0.4, -0.2) is 21.6 Å². The molecule has 0 aromatic heterocycles. The lowest BCUT2D eigenvalue weighted by atomic mass is 9.90. The average Bonchev–Trinajstić information content (AvgIpc) is 2.42. The van der Waals surface area contributed by atoms with Crippen LogP contribution in [0, 0.1) is 30.6 Å². The summed E-state index contributed by atoms with van der Waals surface area (Å²) in [4.78, 5) is 11.2. The summed E-state index contributed by atoms with van der Waals surface area (Å²) in [6, 6.07) is 4.88. The number of aromatic hydroxyl groups is 1. The van der Waals surface area contributed by atoms with Crippen molar-refractivity contribution in [2.45, 2.75) is 19.4 Å². The van der Waals surface area contributed by atoms with Gasteiger partial charge in [0.05, 0.1) is 0 Å². The number of carbonyl (C=O) groups excluding carboxylic acids is 1. The number of aryl methyl sites for hydroxylation is 1. The maximum atomic E-state index is 11.2. The molecule has 0 saturated carbocycles. The van der Waals surface area contributed by atoms with E-state index in [0.717, 1.165) is 11.1 Å². The normalized spacial score (nSPS) is 20.0. The van der Waals surface area contributed by atoms with Crippen molar-refractivity contribution in [3.05, 3.63) is 53.1 Å². The predicted molar refractivity (Wildman–Crippen MR) is 80.4 cm³/mol. The van der Waals surface area contributed by atoms with Crippen LogP contribution in [0.1, 0.15) is 18.1 Å². The van der Waals surface area contributed by atoms with Crippen LogP contribution >= 0.6 is 0 Å². The third-order valence-corrected chi connectivity index (χ3v) is 3.17. The molecular weight excluding hydrogens is 264 g/mol. The average molecular weight is 278 g/mol. The summed E-state index contributed by atoms with van der Waals surface area (Å²) in [5.41, 5.74) is 0.648. The van der Waals surface area contributed by atoms with E-state index in [1.807, 2.05) is 6.92 Å². The van der Waals surface area contributed by atoms with Crippen LogP contribution in [0.15, 0.2) is 42.0 Å². The molecule has 0 fully saturated rings. The molecule has 104 valence electrons. The number of rotatable bonds is 0. The number of aliphatic hydroxyl groups is 1. The van der Waals surface area contributed by atoms with Gasteiger partial charge in [0.2, 0.25) is 0 Å². The Labute approximate surface area is 123 Å². The van der Waals surface area contributed by atoms with Gasteiger partial charge in [0.1, 0.15) is 5.75 Å². The summed E-state index contributed by atoms with van der Waals surface area (Å²) in [6.45, 7) is 3.49. The highest BCUT2D eigenvalue weighted by Crippen LogP contribution is 2.21. The van der Waals surface area contributed by atoms with Gasteiger partial charge in [-0.05, 0) is 79.2 Å². The van der Waals surface area contributed by atoms with E-state index in [4.69, 9.17) is 0 Å².